The van der Waals surface area contributed by atoms with Crippen LogP contribution in [0.25, 0.3) is 11.2 Å². The van der Waals surface area contributed by atoms with Gasteiger partial charge >= 0.3 is 0 Å². The number of hydrogen-bond donors (Lipinski definition) is 1. The molecule has 0 aromatic carbocycles. The van der Waals surface area contributed by atoms with Crippen LogP contribution in [0.3, 0.4) is 0 Å². The van der Waals surface area contributed by atoms with Crippen LogP contribution in [0, 0.1) is 0 Å². The molecule has 3 rings (SSSR count). The number of imidazole rings is 1. The van der Waals surface area contributed by atoms with Gasteiger partial charge in [0, 0.05) is 11.4 Å². The van der Waals surface area contributed by atoms with Gasteiger partial charge in [-0.15, -0.1) is 17.9 Å². The summed E-state index contributed by atoms with van der Waals surface area (Å²) in [6.07, 6.45) is 4.68. The van der Waals surface area contributed by atoms with Gasteiger partial charge in [-0.1, -0.05) is 12.1 Å². The Hall–Kier alpha value is -2.74. The second-order valence-electron chi connectivity index (χ2n) is 5.35. The molecule has 0 saturated heterocycles. The van der Waals surface area contributed by atoms with E-state index in [1.54, 1.807) is 33.2 Å². The molecule has 24 heavy (non-hydrogen) atoms. The van der Waals surface area contributed by atoms with E-state index in [0.717, 1.165) is 4.88 Å². The van der Waals surface area contributed by atoms with E-state index in [0.29, 0.717) is 30.1 Å². The number of nitrogens with zero attached hydrogens (tertiary/aromatic N) is 5. The van der Waals surface area contributed by atoms with E-state index in [4.69, 9.17) is 5.73 Å². The quantitative estimate of drug-likeness (QED) is 0.694. The molecule has 7 nitrogen and oxygen atoms in total. The van der Waals surface area contributed by atoms with E-state index in [-0.39, 0.29) is 5.91 Å². The highest BCUT2D eigenvalue weighted by molar-refractivity contribution is 7.09. The van der Waals surface area contributed by atoms with E-state index in [1.807, 2.05) is 24.4 Å². The molecule has 124 valence electrons. The first-order valence-corrected chi connectivity index (χ1v) is 8.35. The molecule has 0 spiro atoms. The average molecular weight is 342 g/mol. The molecule has 0 fully saturated rings. The first-order chi connectivity index (χ1) is 11.6. The number of nitrogens with two attached hydrogens (primary N) is 1. The van der Waals surface area contributed by atoms with Crippen LogP contribution >= 0.6 is 11.3 Å². The summed E-state index contributed by atoms with van der Waals surface area (Å²) in [6, 6.07) is 3.53. The van der Waals surface area contributed by atoms with Crippen LogP contribution in [0.15, 0.2) is 42.8 Å². The molecule has 3 heterocycles. The second-order valence-corrected chi connectivity index (χ2v) is 6.38. The van der Waals surface area contributed by atoms with Crippen molar-refractivity contribution in [3.05, 3.63) is 47.7 Å². The summed E-state index contributed by atoms with van der Waals surface area (Å²) in [7, 11) is 0. The average Bonchev–Trinajstić information content (AvgIpc) is 3.23. The molecular formula is C16H18N6OS. The van der Waals surface area contributed by atoms with Crippen molar-refractivity contribution in [2.45, 2.75) is 19.5 Å². The monoisotopic (exact) mass is 342 g/mol. The Morgan fingerprint density at radius 2 is 2.33 bits per heavy atom. The molecular weight excluding hydrogens is 324 g/mol. The van der Waals surface area contributed by atoms with Gasteiger partial charge in [0.05, 0.1) is 12.9 Å². The number of amides is 1. The minimum Gasteiger partial charge on any atom is -0.382 e. The van der Waals surface area contributed by atoms with Gasteiger partial charge in [0.1, 0.15) is 17.9 Å². The molecule has 0 radical (unpaired) electrons. The lowest BCUT2D eigenvalue weighted by Crippen LogP contribution is -2.35. The second kappa shape index (κ2) is 6.79. The Bertz CT molecular complexity index is 857. The summed E-state index contributed by atoms with van der Waals surface area (Å²) >= 11 is 1.62. The van der Waals surface area contributed by atoms with Crippen molar-refractivity contribution in [2.24, 2.45) is 0 Å². The summed E-state index contributed by atoms with van der Waals surface area (Å²) < 4.78 is 1.72. The summed E-state index contributed by atoms with van der Waals surface area (Å²) in [5.74, 6) is 0.278. The molecule has 0 saturated carbocycles. The van der Waals surface area contributed by atoms with Crippen molar-refractivity contribution in [2.75, 3.05) is 12.3 Å². The van der Waals surface area contributed by atoms with E-state index in [2.05, 4.69) is 21.5 Å². The normalized spacial score (nSPS) is 12.2. The highest BCUT2D eigenvalue weighted by Gasteiger charge is 2.24. The Labute approximate surface area is 143 Å². The number of carbonyl (C=O) groups excluding carboxylic acids is 1. The van der Waals surface area contributed by atoms with Crippen LogP contribution in [-0.2, 0) is 11.3 Å². The largest absolute Gasteiger partial charge is 0.382 e. The van der Waals surface area contributed by atoms with E-state index in [9.17, 15) is 4.79 Å². The van der Waals surface area contributed by atoms with Crippen LogP contribution in [0.4, 0.5) is 5.82 Å². The minimum absolute atomic E-state index is 0.0280. The lowest BCUT2D eigenvalue weighted by atomic mass is 10.2. The van der Waals surface area contributed by atoms with Crippen molar-refractivity contribution >= 4 is 34.2 Å². The molecule has 8 heteroatoms. The fraction of sp³-hybridized carbons (Fsp3) is 0.250. The Balaban J connectivity index is 1.88. The minimum atomic E-state index is -0.454. The molecule has 1 unspecified atom stereocenters. The molecule has 2 N–H and O–H groups in total. The fourth-order valence-corrected chi connectivity index (χ4v) is 3.24. The third-order valence-corrected chi connectivity index (χ3v) is 4.61. The third kappa shape index (κ3) is 3.00. The number of hydrogen-bond acceptors (Lipinski definition) is 6. The van der Waals surface area contributed by atoms with Crippen LogP contribution in [0.1, 0.15) is 17.8 Å². The van der Waals surface area contributed by atoms with Gasteiger partial charge in [-0.2, -0.15) is 0 Å². The Kier molecular flexibility index (Phi) is 4.57. The molecule has 3 aromatic heterocycles. The number of thiophene rings is 1. The predicted octanol–water partition coefficient (Wildman–Crippen LogP) is 2.25. The number of rotatable bonds is 6. The number of fused-ring (bicyclic) bond motifs is 1. The van der Waals surface area contributed by atoms with E-state index >= 15 is 0 Å². The van der Waals surface area contributed by atoms with Crippen molar-refractivity contribution in [3.63, 3.8) is 0 Å². The highest BCUT2D eigenvalue weighted by atomic mass is 32.1. The first kappa shape index (κ1) is 16.1. The van der Waals surface area contributed by atoms with Gasteiger partial charge in [-0.05, 0) is 18.4 Å². The fourth-order valence-electron chi connectivity index (χ4n) is 2.52. The zero-order valence-corrected chi connectivity index (χ0v) is 14.1. The van der Waals surface area contributed by atoms with Crippen molar-refractivity contribution in [1.82, 2.24) is 24.4 Å². The van der Waals surface area contributed by atoms with E-state index < -0.39 is 6.04 Å². The zero-order valence-electron chi connectivity index (χ0n) is 13.3. The summed E-state index contributed by atoms with van der Waals surface area (Å²) in [4.78, 5) is 28.2. The predicted molar refractivity (Wildman–Crippen MR) is 94.4 cm³/mol. The molecule has 0 aliphatic rings. The molecule has 1 amide bonds. The van der Waals surface area contributed by atoms with Crippen LogP contribution in [0.5, 0.6) is 0 Å². The number of carbonyl (C=O) groups is 1. The van der Waals surface area contributed by atoms with Gasteiger partial charge in [0.15, 0.2) is 11.5 Å². The van der Waals surface area contributed by atoms with Crippen molar-refractivity contribution in [1.29, 1.82) is 0 Å². The number of nitrogen functional groups attached to an aromatic ring is 1. The Morgan fingerprint density at radius 3 is 3.04 bits per heavy atom. The van der Waals surface area contributed by atoms with Gasteiger partial charge in [0.25, 0.3) is 0 Å². The van der Waals surface area contributed by atoms with Gasteiger partial charge < -0.3 is 15.2 Å². The van der Waals surface area contributed by atoms with E-state index in [1.165, 1.54) is 6.33 Å². The molecule has 1 atom stereocenters. The zero-order chi connectivity index (χ0) is 17.1. The molecule has 0 bridgehead atoms. The first-order valence-electron chi connectivity index (χ1n) is 7.47. The number of aromatic nitrogens is 4. The Morgan fingerprint density at radius 1 is 1.50 bits per heavy atom. The smallest absolute Gasteiger partial charge is 0.246 e. The lowest BCUT2D eigenvalue weighted by molar-refractivity contribution is -0.134. The summed E-state index contributed by atoms with van der Waals surface area (Å²) in [5, 5.41) is 2.00. The summed E-state index contributed by atoms with van der Waals surface area (Å²) in [5.41, 5.74) is 6.87. The SMILES string of the molecule is C=CCN(Cc1cccs1)C(=O)C(C)n1cnc2c(N)ncnc21. The van der Waals surface area contributed by atoms with Crippen LogP contribution < -0.4 is 5.73 Å². The van der Waals surface area contributed by atoms with Crippen molar-refractivity contribution in [3.8, 4) is 0 Å². The topological polar surface area (TPSA) is 89.9 Å². The number of anilines is 1. The molecule has 0 aliphatic carbocycles. The summed E-state index contributed by atoms with van der Waals surface area (Å²) in [6.45, 7) is 6.60. The van der Waals surface area contributed by atoms with Crippen LogP contribution in [-0.4, -0.2) is 36.9 Å². The van der Waals surface area contributed by atoms with Gasteiger partial charge in [0.2, 0.25) is 5.91 Å². The van der Waals surface area contributed by atoms with Crippen molar-refractivity contribution < 1.29 is 4.79 Å². The lowest BCUT2D eigenvalue weighted by Gasteiger charge is -2.25. The maximum absolute atomic E-state index is 12.9. The van der Waals surface area contributed by atoms with Gasteiger partial charge in [-0.25, -0.2) is 15.0 Å². The molecule has 0 aliphatic heterocycles. The third-order valence-electron chi connectivity index (χ3n) is 3.75. The van der Waals surface area contributed by atoms with Crippen LogP contribution in [0.2, 0.25) is 0 Å². The highest BCUT2D eigenvalue weighted by Crippen LogP contribution is 2.21. The van der Waals surface area contributed by atoms with Gasteiger partial charge in [-0.3, -0.25) is 4.79 Å². The standard InChI is InChI=1S/C16H18N6OS/c1-3-6-21(8-12-5-4-7-24-12)16(23)11(2)22-10-20-13-14(17)18-9-19-15(13)22/h3-5,7,9-11H,1,6,8H2,2H3,(H2,17,18,19). The maximum atomic E-state index is 12.9. The molecule has 3 aromatic rings. The maximum Gasteiger partial charge on any atom is 0.246 e.